The first-order chi connectivity index (χ1) is 15.8. The SMILES string of the molecule is CC(=O)OCC(=O)Nc1cc(C(=O)O)cc(-c2cc(-n3ccnc3)c3ccc(Cl)cc3n2)c1. The molecule has 0 atom stereocenters. The van der Waals surface area contributed by atoms with Crippen molar-refractivity contribution in [3.05, 3.63) is 71.8 Å². The number of carbonyl (C=O) groups excluding carboxylic acids is 2. The second-order valence-corrected chi connectivity index (χ2v) is 7.53. The number of nitrogens with zero attached hydrogens (tertiary/aromatic N) is 3. The minimum absolute atomic E-state index is 0.0486. The van der Waals surface area contributed by atoms with Crippen molar-refractivity contribution in [3.63, 3.8) is 0 Å². The number of fused-ring (bicyclic) bond motifs is 1. The van der Waals surface area contributed by atoms with E-state index in [1.807, 2.05) is 10.6 Å². The molecule has 0 radical (unpaired) electrons. The van der Waals surface area contributed by atoms with Gasteiger partial charge in [-0.2, -0.15) is 0 Å². The molecule has 1 amide bonds. The number of carboxylic acid groups (broad SMARTS) is 1. The lowest BCUT2D eigenvalue weighted by molar-refractivity contribution is -0.144. The second-order valence-electron chi connectivity index (χ2n) is 7.09. The number of pyridine rings is 1. The van der Waals surface area contributed by atoms with Crippen LogP contribution in [0.4, 0.5) is 5.69 Å². The van der Waals surface area contributed by atoms with Crippen LogP contribution >= 0.6 is 11.6 Å². The van der Waals surface area contributed by atoms with Gasteiger partial charge >= 0.3 is 11.9 Å². The predicted octanol–water partition coefficient (Wildman–Crippen LogP) is 3.94. The number of aromatic nitrogens is 3. The van der Waals surface area contributed by atoms with E-state index in [4.69, 9.17) is 11.6 Å². The number of carbonyl (C=O) groups is 3. The number of rotatable bonds is 6. The number of hydrogen-bond donors (Lipinski definition) is 2. The summed E-state index contributed by atoms with van der Waals surface area (Å²) in [6.07, 6.45) is 5.06. The Morgan fingerprint density at radius 3 is 2.67 bits per heavy atom. The van der Waals surface area contributed by atoms with Crippen LogP contribution in [-0.2, 0) is 14.3 Å². The van der Waals surface area contributed by atoms with Crippen molar-refractivity contribution in [2.75, 3.05) is 11.9 Å². The molecule has 166 valence electrons. The van der Waals surface area contributed by atoms with Crippen LogP contribution in [0.15, 0.2) is 61.2 Å². The van der Waals surface area contributed by atoms with Gasteiger partial charge in [-0.25, -0.2) is 14.8 Å². The third-order valence-electron chi connectivity index (χ3n) is 4.70. The van der Waals surface area contributed by atoms with Crippen molar-refractivity contribution in [2.45, 2.75) is 6.92 Å². The first-order valence-corrected chi connectivity index (χ1v) is 10.1. The number of imidazole rings is 1. The maximum Gasteiger partial charge on any atom is 0.335 e. The summed E-state index contributed by atoms with van der Waals surface area (Å²) in [5, 5.41) is 13.4. The van der Waals surface area contributed by atoms with E-state index in [1.54, 1.807) is 43.0 Å². The molecule has 33 heavy (non-hydrogen) atoms. The van der Waals surface area contributed by atoms with Gasteiger partial charge in [-0.3, -0.25) is 9.59 Å². The van der Waals surface area contributed by atoms with Crippen LogP contribution in [0.25, 0.3) is 27.8 Å². The molecular formula is C23H17ClN4O5. The Balaban J connectivity index is 1.83. The molecule has 0 aliphatic rings. The fraction of sp³-hybridized carbons (Fsp3) is 0.0870. The molecule has 0 unspecified atom stereocenters. The average Bonchev–Trinajstić information content (AvgIpc) is 3.31. The Morgan fingerprint density at radius 2 is 1.97 bits per heavy atom. The number of aromatic carboxylic acids is 1. The van der Waals surface area contributed by atoms with Gasteiger partial charge in [-0.15, -0.1) is 0 Å². The highest BCUT2D eigenvalue weighted by atomic mass is 35.5. The highest BCUT2D eigenvalue weighted by Gasteiger charge is 2.15. The van der Waals surface area contributed by atoms with Gasteiger partial charge in [0, 0.05) is 41.0 Å². The lowest BCUT2D eigenvalue weighted by Crippen LogP contribution is -2.20. The maximum absolute atomic E-state index is 12.1. The van der Waals surface area contributed by atoms with Crippen molar-refractivity contribution < 1.29 is 24.2 Å². The number of nitrogens with one attached hydrogen (secondary N) is 1. The zero-order valence-electron chi connectivity index (χ0n) is 17.3. The normalized spacial score (nSPS) is 10.7. The fourth-order valence-corrected chi connectivity index (χ4v) is 3.45. The minimum Gasteiger partial charge on any atom is -0.478 e. The van der Waals surface area contributed by atoms with Crippen LogP contribution in [0, 0.1) is 0 Å². The molecular weight excluding hydrogens is 448 g/mol. The molecule has 0 aliphatic carbocycles. The summed E-state index contributed by atoms with van der Waals surface area (Å²) in [5.41, 5.74) is 2.47. The third-order valence-corrected chi connectivity index (χ3v) is 4.93. The van der Waals surface area contributed by atoms with Crippen molar-refractivity contribution in [1.29, 1.82) is 0 Å². The largest absolute Gasteiger partial charge is 0.478 e. The quantitative estimate of drug-likeness (QED) is 0.414. The number of anilines is 1. The second kappa shape index (κ2) is 9.09. The average molecular weight is 465 g/mol. The molecule has 2 aromatic carbocycles. The zero-order valence-corrected chi connectivity index (χ0v) is 18.0. The highest BCUT2D eigenvalue weighted by Crippen LogP contribution is 2.31. The number of carboxylic acids is 1. The molecule has 0 saturated carbocycles. The Hall–Kier alpha value is -4.24. The number of amides is 1. The summed E-state index contributed by atoms with van der Waals surface area (Å²) in [6.45, 7) is 0.700. The molecule has 4 aromatic rings. The van der Waals surface area contributed by atoms with E-state index in [1.165, 1.54) is 19.1 Å². The standard InChI is InChI=1S/C23H17ClN4O5/c1-13(29)33-11-22(30)26-17-7-14(6-15(8-17)23(31)32)19-10-21(28-5-4-25-12-28)18-3-2-16(24)9-20(18)27-19/h2-10,12H,11H2,1H3,(H,26,30)(H,31,32). The molecule has 0 bridgehead atoms. The maximum atomic E-state index is 12.1. The molecule has 0 aliphatic heterocycles. The number of hydrogen-bond acceptors (Lipinski definition) is 6. The lowest BCUT2D eigenvalue weighted by atomic mass is 10.0. The van der Waals surface area contributed by atoms with Crippen LogP contribution < -0.4 is 5.32 Å². The van der Waals surface area contributed by atoms with Crippen LogP contribution in [0.3, 0.4) is 0 Å². The van der Waals surface area contributed by atoms with Gasteiger partial charge in [0.2, 0.25) is 0 Å². The van der Waals surface area contributed by atoms with Crippen LogP contribution in [0.2, 0.25) is 5.02 Å². The number of esters is 1. The van der Waals surface area contributed by atoms with E-state index in [0.717, 1.165) is 11.1 Å². The van der Waals surface area contributed by atoms with E-state index in [9.17, 15) is 19.5 Å². The number of benzene rings is 2. The Labute approximate surface area is 192 Å². The van der Waals surface area contributed by atoms with Crippen LogP contribution in [0.1, 0.15) is 17.3 Å². The van der Waals surface area contributed by atoms with Crippen molar-refractivity contribution in [2.24, 2.45) is 0 Å². The van der Waals surface area contributed by atoms with E-state index in [-0.39, 0.29) is 11.3 Å². The van der Waals surface area contributed by atoms with Crippen molar-refractivity contribution >= 4 is 46.0 Å². The van der Waals surface area contributed by atoms with Gasteiger partial charge in [-0.05, 0) is 42.5 Å². The van der Waals surface area contributed by atoms with Gasteiger partial charge in [0.25, 0.3) is 5.91 Å². The Kier molecular flexibility index (Phi) is 6.05. The van der Waals surface area contributed by atoms with E-state index in [2.05, 4.69) is 20.0 Å². The molecule has 0 fully saturated rings. The molecule has 9 nitrogen and oxygen atoms in total. The minimum atomic E-state index is -1.17. The van der Waals surface area contributed by atoms with Gasteiger partial charge in [0.05, 0.1) is 28.8 Å². The summed E-state index contributed by atoms with van der Waals surface area (Å²) in [7, 11) is 0. The van der Waals surface area contributed by atoms with E-state index < -0.39 is 24.5 Å². The van der Waals surface area contributed by atoms with Crippen LogP contribution in [0.5, 0.6) is 0 Å². The van der Waals surface area contributed by atoms with Crippen molar-refractivity contribution in [1.82, 2.24) is 14.5 Å². The summed E-state index contributed by atoms with van der Waals surface area (Å²) >= 11 is 6.18. The first-order valence-electron chi connectivity index (χ1n) is 9.71. The molecule has 0 saturated heterocycles. The predicted molar refractivity (Wildman–Crippen MR) is 122 cm³/mol. The molecule has 2 heterocycles. The highest BCUT2D eigenvalue weighted by molar-refractivity contribution is 6.31. The van der Waals surface area contributed by atoms with Gasteiger partial charge in [-0.1, -0.05) is 11.6 Å². The summed E-state index contributed by atoms with van der Waals surface area (Å²) in [4.78, 5) is 43.5. The van der Waals surface area contributed by atoms with Crippen LogP contribution in [-0.4, -0.2) is 44.1 Å². The summed E-state index contributed by atoms with van der Waals surface area (Å²) < 4.78 is 6.49. The summed E-state index contributed by atoms with van der Waals surface area (Å²) in [5.74, 6) is -2.38. The van der Waals surface area contributed by atoms with Crippen molar-refractivity contribution in [3.8, 4) is 16.9 Å². The Bertz CT molecular complexity index is 1390. The smallest absolute Gasteiger partial charge is 0.335 e. The molecule has 0 spiro atoms. The fourth-order valence-electron chi connectivity index (χ4n) is 3.28. The number of halogens is 1. The lowest BCUT2D eigenvalue weighted by Gasteiger charge is -2.13. The summed E-state index contributed by atoms with van der Waals surface area (Å²) in [6, 6.07) is 11.5. The molecule has 2 N–H and O–H groups in total. The van der Waals surface area contributed by atoms with E-state index in [0.29, 0.717) is 21.8 Å². The van der Waals surface area contributed by atoms with Gasteiger partial charge in [0.15, 0.2) is 6.61 Å². The first kappa shape index (κ1) is 22.0. The zero-order chi connectivity index (χ0) is 23.5. The van der Waals surface area contributed by atoms with Gasteiger partial charge < -0.3 is 19.7 Å². The van der Waals surface area contributed by atoms with E-state index >= 15 is 0 Å². The molecule has 4 rings (SSSR count). The molecule has 2 aromatic heterocycles. The topological polar surface area (TPSA) is 123 Å². The molecule has 10 heteroatoms. The Morgan fingerprint density at radius 1 is 1.15 bits per heavy atom. The third kappa shape index (κ3) is 4.99. The number of ether oxygens (including phenoxy) is 1. The monoisotopic (exact) mass is 464 g/mol. The van der Waals surface area contributed by atoms with Gasteiger partial charge in [0.1, 0.15) is 0 Å².